The maximum absolute atomic E-state index is 11.7. The minimum atomic E-state index is -0.625. The first kappa shape index (κ1) is 21.3. The standard InChI is InChI=1S/C25H40O6/c1-22-7-8-25(30-11-12-31-25)13-16(22)3-4-17-18-5-6-20(23(2)28-9-10-29-23)24(18,15-26)14-19(27)21(17)22/h16-21,26-27H,3-15H2,1-2H3/t16-,17+,18+,19-,20-,21-,22+,24-/m1/s1. The monoisotopic (exact) mass is 436 g/mol. The average Bonchev–Trinajstić information content (AvgIpc) is 3.48. The van der Waals surface area contributed by atoms with Crippen molar-refractivity contribution in [3.05, 3.63) is 0 Å². The maximum Gasteiger partial charge on any atom is 0.169 e. The highest BCUT2D eigenvalue weighted by molar-refractivity contribution is 5.15. The first-order chi connectivity index (χ1) is 14.9. The first-order valence-electron chi connectivity index (χ1n) is 12.7. The number of hydrogen-bond acceptors (Lipinski definition) is 6. The van der Waals surface area contributed by atoms with Crippen LogP contribution in [0.25, 0.3) is 0 Å². The largest absolute Gasteiger partial charge is 0.396 e. The second-order valence-electron chi connectivity index (χ2n) is 11.9. The number of aliphatic hydroxyl groups is 2. The lowest BCUT2D eigenvalue weighted by Crippen LogP contribution is -2.62. The fraction of sp³-hybridized carbons (Fsp3) is 1.00. The Labute approximate surface area is 186 Å². The minimum Gasteiger partial charge on any atom is -0.396 e. The van der Waals surface area contributed by atoms with Crippen LogP contribution in [0.1, 0.15) is 65.2 Å². The fourth-order valence-electron chi connectivity index (χ4n) is 9.68. The van der Waals surface area contributed by atoms with Gasteiger partial charge in [-0.3, -0.25) is 0 Å². The van der Waals surface area contributed by atoms with Crippen LogP contribution in [0.15, 0.2) is 0 Å². The Morgan fingerprint density at radius 3 is 2.26 bits per heavy atom. The third-order valence-electron chi connectivity index (χ3n) is 10.9. The van der Waals surface area contributed by atoms with Crippen molar-refractivity contribution < 1.29 is 29.2 Å². The molecule has 0 bridgehead atoms. The van der Waals surface area contributed by atoms with Gasteiger partial charge in [-0.05, 0) is 74.5 Å². The molecule has 2 heterocycles. The molecule has 0 aromatic rings. The van der Waals surface area contributed by atoms with Crippen molar-refractivity contribution in [1.29, 1.82) is 0 Å². The van der Waals surface area contributed by atoms with Gasteiger partial charge in [0.25, 0.3) is 0 Å². The normalized spacial score (nSPS) is 52.6. The van der Waals surface area contributed by atoms with Crippen molar-refractivity contribution >= 4 is 0 Å². The number of aliphatic hydroxyl groups excluding tert-OH is 2. The lowest BCUT2D eigenvalue weighted by atomic mass is 9.43. The Bertz CT molecular complexity index is 700. The van der Waals surface area contributed by atoms with Crippen molar-refractivity contribution in [3.8, 4) is 0 Å². The van der Waals surface area contributed by atoms with Gasteiger partial charge in [-0.25, -0.2) is 0 Å². The molecule has 1 spiro atoms. The van der Waals surface area contributed by atoms with Crippen molar-refractivity contribution in [1.82, 2.24) is 0 Å². The predicted molar refractivity (Wildman–Crippen MR) is 113 cm³/mol. The van der Waals surface area contributed by atoms with Gasteiger partial charge in [-0.2, -0.15) is 0 Å². The number of fused-ring (bicyclic) bond motifs is 5. The van der Waals surface area contributed by atoms with E-state index in [0.29, 0.717) is 56.5 Å². The smallest absolute Gasteiger partial charge is 0.169 e. The van der Waals surface area contributed by atoms with E-state index in [4.69, 9.17) is 18.9 Å². The van der Waals surface area contributed by atoms with E-state index in [9.17, 15) is 10.2 Å². The summed E-state index contributed by atoms with van der Waals surface area (Å²) < 4.78 is 24.3. The Morgan fingerprint density at radius 2 is 1.55 bits per heavy atom. The van der Waals surface area contributed by atoms with Crippen LogP contribution < -0.4 is 0 Å². The lowest BCUT2D eigenvalue weighted by Gasteiger charge is -2.63. The molecule has 2 N–H and O–H groups in total. The minimum absolute atomic E-state index is 0.118. The summed E-state index contributed by atoms with van der Waals surface area (Å²) in [5.41, 5.74) is -0.177. The molecule has 6 aliphatic rings. The zero-order valence-electron chi connectivity index (χ0n) is 19.2. The van der Waals surface area contributed by atoms with Gasteiger partial charge in [0.05, 0.1) is 32.5 Å². The molecule has 176 valence electrons. The van der Waals surface area contributed by atoms with Crippen LogP contribution in [0.5, 0.6) is 0 Å². The number of rotatable bonds is 2. The highest BCUT2D eigenvalue weighted by Crippen LogP contribution is 2.69. The van der Waals surface area contributed by atoms with Gasteiger partial charge < -0.3 is 29.2 Å². The zero-order chi connectivity index (χ0) is 21.5. The van der Waals surface area contributed by atoms with Gasteiger partial charge in [-0.15, -0.1) is 0 Å². The van der Waals surface area contributed by atoms with E-state index in [1.54, 1.807) is 0 Å². The van der Waals surface area contributed by atoms with Crippen molar-refractivity contribution in [2.45, 2.75) is 82.9 Å². The van der Waals surface area contributed by atoms with E-state index in [2.05, 4.69) is 13.8 Å². The van der Waals surface area contributed by atoms with Crippen LogP contribution in [0, 0.1) is 40.4 Å². The summed E-state index contributed by atoms with van der Waals surface area (Å²) in [5, 5.41) is 22.5. The van der Waals surface area contributed by atoms with E-state index in [0.717, 1.165) is 38.5 Å². The second kappa shape index (κ2) is 7.13. The molecule has 6 nitrogen and oxygen atoms in total. The van der Waals surface area contributed by atoms with E-state index in [-0.39, 0.29) is 35.2 Å². The van der Waals surface area contributed by atoms with Crippen LogP contribution in [0.3, 0.4) is 0 Å². The molecule has 2 saturated heterocycles. The Hall–Kier alpha value is -0.240. The Kier molecular flexibility index (Phi) is 4.90. The highest BCUT2D eigenvalue weighted by atomic mass is 16.7. The number of ether oxygens (including phenoxy) is 4. The Morgan fingerprint density at radius 1 is 0.839 bits per heavy atom. The summed E-state index contributed by atoms with van der Waals surface area (Å²) in [4.78, 5) is 0. The van der Waals surface area contributed by atoms with Crippen LogP contribution in [-0.4, -0.2) is 60.9 Å². The lowest BCUT2D eigenvalue weighted by molar-refractivity contribution is -0.260. The third-order valence-corrected chi connectivity index (χ3v) is 10.9. The van der Waals surface area contributed by atoms with E-state index in [1.807, 2.05) is 0 Å². The van der Waals surface area contributed by atoms with Gasteiger partial charge >= 0.3 is 0 Å². The molecular weight excluding hydrogens is 396 g/mol. The quantitative estimate of drug-likeness (QED) is 0.693. The summed E-state index contributed by atoms with van der Waals surface area (Å²) in [6.45, 7) is 7.29. The first-order valence-corrected chi connectivity index (χ1v) is 12.7. The molecule has 4 saturated carbocycles. The highest BCUT2D eigenvalue weighted by Gasteiger charge is 2.68. The van der Waals surface area contributed by atoms with Gasteiger partial charge in [0, 0.05) is 30.8 Å². The molecule has 0 aromatic heterocycles. The molecule has 0 aromatic carbocycles. The fourth-order valence-corrected chi connectivity index (χ4v) is 9.68. The molecule has 0 radical (unpaired) electrons. The summed E-state index contributed by atoms with van der Waals surface area (Å²) in [7, 11) is 0. The molecule has 6 heteroatoms. The van der Waals surface area contributed by atoms with Crippen molar-refractivity contribution in [2.24, 2.45) is 40.4 Å². The predicted octanol–water partition coefficient (Wildman–Crippen LogP) is 3.09. The summed E-state index contributed by atoms with van der Waals surface area (Å²) in [6, 6.07) is 0. The third kappa shape index (κ3) is 2.85. The molecule has 0 unspecified atom stereocenters. The molecule has 6 rings (SSSR count). The van der Waals surface area contributed by atoms with Crippen LogP contribution in [-0.2, 0) is 18.9 Å². The van der Waals surface area contributed by atoms with Crippen LogP contribution >= 0.6 is 0 Å². The maximum atomic E-state index is 11.7. The van der Waals surface area contributed by atoms with Crippen molar-refractivity contribution in [3.63, 3.8) is 0 Å². The van der Waals surface area contributed by atoms with Gasteiger partial charge in [-0.1, -0.05) is 6.92 Å². The van der Waals surface area contributed by atoms with E-state index in [1.165, 1.54) is 6.42 Å². The summed E-state index contributed by atoms with van der Waals surface area (Å²) >= 11 is 0. The average molecular weight is 437 g/mol. The van der Waals surface area contributed by atoms with Crippen LogP contribution in [0.2, 0.25) is 0 Å². The molecule has 31 heavy (non-hydrogen) atoms. The van der Waals surface area contributed by atoms with E-state index < -0.39 is 5.79 Å². The van der Waals surface area contributed by atoms with Crippen LogP contribution in [0.4, 0.5) is 0 Å². The molecule has 6 fully saturated rings. The van der Waals surface area contributed by atoms with Gasteiger partial charge in [0.2, 0.25) is 0 Å². The number of hydrogen-bond donors (Lipinski definition) is 2. The molecule has 4 aliphatic carbocycles. The topological polar surface area (TPSA) is 77.4 Å². The van der Waals surface area contributed by atoms with Gasteiger partial charge in [0.1, 0.15) is 0 Å². The summed E-state index contributed by atoms with van der Waals surface area (Å²) in [6.07, 6.45) is 7.69. The summed E-state index contributed by atoms with van der Waals surface area (Å²) in [5.74, 6) is 0.892. The molecular formula is C25H40O6. The van der Waals surface area contributed by atoms with Crippen molar-refractivity contribution in [2.75, 3.05) is 33.0 Å². The zero-order valence-corrected chi connectivity index (χ0v) is 19.2. The SMILES string of the molecule is CC1([C@H]2CC[C@H]3[C@@H]4CC[C@@H]5CC6(CC[C@]5(C)[C@H]4[C@H](O)C[C@]23CO)OCCO6)OCCO1. The van der Waals surface area contributed by atoms with E-state index >= 15 is 0 Å². The molecule has 2 aliphatic heterocycles. The Balaban J connectivity index is 1.30. The molecule has 8 atom stereocenters. The second-order valence-corrected chi connectivity index (χ2v) is 11.9. The molecule has 0 amide bonds. The van der Waals surface area contributed by atoms with Gasteiger partial charge in [0.15, 0.2) is 11.6 Å².